The SMILES string of the molecule is CCC(=O)Nc1ccc(NC=C2C(=O)Nc3ccc4ncsc4c32)cc1. The van der Waals surface area contributed by atoms with Gasteiger partial charge in [-0.25, -0.2) is 4.98 Å². The molecule has 0 aliphatic carbocycles. The lowest BCUT2D eigenvalue weighted by atomic mass is 10.1. The van der Waals surface area contributed by atoms with Crippen molar-refractivity contribution >= 4 is 56.0 Å². The fraction of sp³-hybridized carbons (Fsp3) is 0.105. The van der Waals surface area contributed by atoms with Gasteiger partial charge in [0.05, 0.1) is 27.0 Å². The molecule has 0 spiro atoms. The summed E-state index contributed by atoms with van der Waals surface area (Å²) in [7, 11) is 0. The Labute approximate surface area is 153 Å². The van der Waals surface area contributed by atoms with Gasteiger partial charge in [-0.15, -0.1) is 11.3 Å². The van der Waals surface area contributed by atoms with E-state index in [2.05, 4.69) is 20.9 Å². The van der Waals surface area contributed by atoms with Crippen LogP contribution in [0.3, 0.4) is 0 Å². The van der Waals surface area contributed by atoms with Crippen LogP contribution in [0.15, 0.2) is 48.1 Å². The van der Waals surface area contributed by atoms with Gasteiger partial charge >= 0.3 is 0 Å². The fourth-order valence-corrected chi connectivity index (χ4v) is 3.65. The second-order valence-corrected chi connectivity index (χ2v) is 6.68. The Morgan fingerprint density at radius 2 is 1.96 bits per heavy atom. The van der Waals surface area contributed by atoms with E-state index in [1.165, 1.54) is 11.3 Å². The first-order valence-corrected chi connectivity index (χ1v) is 9.08. The highest BCUT2D eigenvalue weighted by molar-refractivity contribution is 7.17. The van der Waals surface area contributed by atoms with Crippen molar-refractivity contribution in [2.45, 2.75) is 13.3 Å². The molecule has 130 valence electrons. The number of nitrogens with zero attached hydrogens (tertiary/aromatic N) is 1. The Balaban J connectivity index is 1.59. The normalized spacial score (nSPS) is 14.3. The first-order chi connectivity index (χ1) is 12.7. The van der Waals surface area contributed by atoms with Crippen LogP contribution in [0.1, 0.15) is 18.9 Å². The van der Waals surface area contributed by atoms with E-state index in [4.69, 9.17) is 0 Å². The standard InChI is InChI=1S/C19H16N4O2S/c1-2-16(24)22-12-5-3-11(4-6-12)20-9-13-17-14(23-19(13)25)7-8-15-18(17)26-10-21-15/h3-10,20H,2H2,1H3,(H,22,24)(H,23,25). The van der Waals surface area contributed by atoms with E-state index in [9.17, 15) is 9.59 Å². The summed E-state index contributed by atoms with van der Waals surface area (Å²) in [6.45, 7) is 1.81. The van der Waals surface area contributed by atoms with Crippen molar-refractivity contribution in [2.75, 3.05) is 16.0 Å². The number of aromatic nitrogens is 1. The third kappa shape index (κ3) is 2.93. The van der Waals surface area contributed by atoms with Crippen molar-refractivity contribution in [1.82, 2.24) is 4.98 Å². The zero-order valence-electron chi connectivity index (χ0n) is 14.0. The van der Waals surface area contributed by atoms with Crippen LogP contribution < -0.4 is 16.0 Å². The van der Waals surface area contributed by atoms with Crippen molar-refractivity contribution in [2.24, 2.45) is 0 Å². The van der Waals surface area contributed by atoms with Crippen LogP contribution in [0, 0.1) is 0 Å². The average molecular weight is 364 g/mol. The summed E-state index contributed by atoms with van der Waals surface area (Å²) in [5, 5.41) is 8.85. The first kappa shape index (κ1) is 16.3. The van der Waals surface area contributed by atoms with E-state index in [1.54, 1.807) is 11.7 Å². The minimum Gasteiger partial charge on any atom is -0.361 e. The van der Waals surface area contributed by atoms with Crippen molar-refractivity contribution in [3.63, 3.8) is 0 Å². The summed E-state index contributed by atoms with van der Waals surface area (Å²) in [5.74, 6) is -0.166. The number of nitrogens with one attached hydrogen (secondary N) is 3. The number of thiazole rings is 1. The molecule has 0 radical (unpaired) electrons. The lowest BCUT2D eigenvalue weighted by Gasteiger charge is -2.06. The van der Waals surface area contributed by atoms with Gasteiger partial charge in [0.15, 0.2) is 0 Å². The predicted octanol–water partition coefficient (Wildman–Crippen LogP) is 4.05. The molecule has 1 aliphatic rings. The number of rotatable bonds is 4. The van der Waals surface area contributed by atoms with Gasteiger partial charge in [0.1, 0.15) is 0 Å². The van der Waals surface area contributed by atoms with E-state index in [1.807, 2.05) is 43.3 Å². The molecule has 7 heteroatoms. The molecule has 0 fully saturated rings. The molecule has 1 aliphatic heterocycles. The van der Waals surface area contributed by atoms with Crippen molar-refractivity contribution in [3.05, 3.63) is 53.7 Å². The van der Waals surface area contributed by atoms with Crippen LogP contribution in [-0.4, -0.2) is 16.8 Å². The topological polar surface area (TPSA) is 83.1 Å². The van der Waals surface area contributed by atoms with Crippen molar-refractivity contribution in [3.8, 4) is 0 Å². The molecule has 3 N–H and O–H groups in total. The van der Waals surface area contributed by atoms with Gasteiger partial charge in [0, 0.05) is 29.6 Å². The molecule has 2 heterocycles. The molecule has 0 saturated carbocycles. The van der Waals surface area contributed by atoms with E-state index in [0.29, 0.717) is 12.0 Å². The molecule has 3 aromatic rings. The highest BCUT2D eigenvalue weighted by Gasteiger charge is 2.27. The number of anilines is 3. The summed E-state index contributed by atoms with van der Waals surface area (Å²) in [4.78, 5) is 28.1. The van der Waals surface area contributed by atoms with Crippen LogP contribution in [0.25, 0.3) is 15.8 Å². The largest absolute Gasteiger partial charge is 0.361 e. The van der Waals surface area contributed by atoms with E-state index in [-0.39, 0.29) is 11.8 Å². The molecule has 0 atom stereocenters. The van der Waals surface area contributed by atoms with Crippen LogP contribution in [-0.2, 0) is 9.59 Å². The molecular weight excluding hydrogens is 348 g/mol. The summed E-state index contributed by atoms with van der Waals surface area (Å²) in [6, 6.07) is 11.1. The number of carbonyl (C=O) groups is 2. The Morgan fingerprint density at radius 3 is 2.73 bits per heavy atom. The Hall–Kier alpha value is -3.19. The Bertz CT molecular complexity index is 1040. The predicted molar refractivity (Wildman–Crippen MR) is 105 cm³/mol. The Kier molecular flexibility index (Phi) is 4.14. The average Bonchev–Trinajstić information content (AvgIpc) is 3.24. The molecule has 0 bridgehead atoms. The zero-order valence-corrected chi connectivity index (χ0v) is 14.8. The summed E-state index contributed by atoms with van der Waals surface area (Å²) >= 11 is 1.52. The second kappa shape index (κ2) is 6.61. The van der Waals surface area contributed by atoms with Gasteiger partial charge in [0.2, 0.25) is 5.91 Å². The van der Waals surface area contributed by atoms with Crippen LogP contribution in [0.2, 0.25) is 0 Å². The Morgan fingerprint density at radius 1 is 1.19 bits per heavy atom. The zero-order chi connectivity index (χ0) is 18.1. The third-order valence-electron chi connectivity index (χ3n) is 4.13. The smallest absolute Gasteiger partial charge is 0.257 e. The highest BCUT2D eigenvalue weighted by atomic mass is 32.1. The van der Waals surface area contributed by atoms with Gasteiger partial charge < -0.3 is 16.0 Å². The second-order valence-electron chi connectivity index (χ2n) is 5.82. The molecule has 26 heavy (non-hydrogen) atoms. The van der Waals surface area contributed by atoms with Gasteiger partial charge in [-0.1, -0.05) is 6.92 Å². The molecule has 2 aromatic carbocycles. The van der Waals surface area contributed by atoms with Crippen LogP contribution in [0.4, 0.5) is 17.1 Å². The minimum absolute atomic E-state index is 0.0272. The summed E-state index contributed by atoms with van der Waals surface area (Å²) < 4.78 is 0.992. The molecular formula is C19H16N4O2S. The third-order valence-corrected chi connectivity index (χ3v) is 4.99. The maximum Gasteiger partial charge on any atom is 0.257 e. The van der Waals surface area contributed by atoms with E-state index < -0.39 is 0 Å². The van der Waals surface area contributed by atoms with Gasteiger partial charge in [0.25, 0.3) is 5.91 Å². The number of fused-ring (bicyclic) bond motifs is 3. The molecule has 0 saturated heterocycles. The summed E-state index contributed by atoms with van der Waals surface area (Å²) in [5.41, 5.74) is 6.49. The summed E-state index contributed by atoms with van der Waals surface area (Å²) in [6.07, 6.45) is 2.15. The lowest BCUT2D eigenvalue weighted by molar-refractivity contribution is -0.116. The minimum atomic E-state index is -0.139. The molecule has 1 aromatic heterocycles. The lowest BCUT2D eigenvalue weighted by Crippen LogP contribution is -2.09. The number of benzene rings is 2. The number of amides is 2. The van der Waals surface area contributed by atoms with Crippen LogP contribution >= 0.6 is 11.3 Å². The molecule has 4 rings (SSSR count). The monoisotopic (exact) mass is 364 g/mol. The maximum absolute atomic E-state index is 12.3. The van der Waals surface area contributed by atoms with Gasteiger partial charge in [-0.3, -0.25) is 9.59 Å². The quantitative estimate of drug-likeness (QED) is 0.610. The van der Waals surface area contributed by atoms with Crippen LogP contribution in [0.5, 0.6) is 0 Å². The molecule has 0 unspecified atom stereocenters. The van der Waals surface area contributed by atoms with E-state index in [0.717, 1.165) is 32.8 Å². The fourth-order valence-electron chi connectivity index (χ4n) is 2.80. The molecule has 6 nitrogen and oxygen atoms in total. The van der Waals surface area contributed by atoms with Gasteiger partial charge in [-0.2, -0.15) is 0 Å². The number of hydrogen-bond donors (Lipinski definition) is 3. The molecule has 2 amide bonds. The maximum atomic E-state index is 12.3. The number of carbonyl (C=O) groups excluding carboxylic acids is 2. The van der Waals surface area contributed by atoms with Crippen molar-refractivity contribution in [1.29, 1.82) is 0 Å². The first-order valence-electron chi connectivity index (χ1n) is 8.20. The van der Waals surface area contributed by atoms with E-state index >= 15 is 0 Å². The highest BCUT2D eigenvalue weighted by Crippen LogP contribution is 2.39. The van der Waals surface area contributed by atoms with Gasteiger partial charge in [-0.05, 0) is 36.4 Å². The van der Waals surface area contributed by atoms with Crippen molar-refractivity contribution < 1.29 is 9.59 Å². The number of hydrogen-bond acceptors (Lipinski definition) is 5.